The van der Waals surface area contributed by atoms with Crippen LogP contribution in [0, 0.1) is 0 Å². The molecule has 0 aliphatic rings. The van der Waals surface area contributed by atoms with Crippen LogP contribution in [0.1, 0.15) is 33.3 Å². The largest absolute Gasteiger partial charge is 0.262 e. The standard InChI is InChI=1S/C12H17N/c1-5-13-11-8-6-10(7-9-11)12(2,3)4/h5-9H,1-4H3. The molecule has 0 saturated carbocycles. The number of aliphatic imine (C=N–C) groups is 1. The number of hydrogen-bond acceptors (Lipinski definition) is 1. The van der Waals surface area contributed by atoms with E-state index in [2.05, 4.69) is 50.0 Å². The van der Waals surface area contributed by atoms with Gasteiger partial charge in [-0.2, -0.15) is 0 Å². The van der Waals surface area contributed by atoms with E-state index in [9.17, 15) is 0 Å². The van der Waals surface area contributed by atoms with Gasteiger partial charge in [-0.3, -0.25) is 4.99 Å². The highest BCUT2D eigenvalue weighted by Crippen LogP contribution is 2.24. The molecule has 0 unspecified atom stereocenters. The first-order valence-electron chi connectivity index (χ1n) is 4.63. The van der Waals surface area contributed by atoms with Crippen molar-refractivity contribution in [2.75, 3.05) is 0 Å². The van der Waals surface area contributed by atoms with Gasteiger partial charge in [-0.15, -0.1) is 0 Å². The van der Waals surface area contributed by atoms with E-state index in [-0.39, 0.29) is 5.41 Å². The molecular formula is C12H17N. The summed E-state index contributed by atoms with van der Waals surface area (Å²) in [5, 5.41) is 0. The molecule has 0 spiro atoms. The Bertz CT molecular complexity index is 288. The third kappa shape index (κ3) is 2.69. The van der Waals surface area contributed by atoms with Crippen LogP contribution in [0.4, 0.5) is 5.69 Å². The fraction of sp³-hybridized carbons (Fsp3) is 0.417. The molecule has 0 atom stereocenters. The highest BCUT2D eigenvalue weighted by Gasteiger charge is 2.12. The average molecular weight is 175 g/mol. The topological polar surface area (TPSA) is 12.4 Å². The molecule has 1 heteroatoms. The molecule has 0 saturated heterocycles. The van der Waals surface area contributed by atoms with Gasteiger partial charge >= 0.3 is 0 Å². The molecule has 0 aromatic heterocycles. The summed E-state index contributed by atoms with van der Waals surface area (Å²) in [6, 6.07) is 8.39. The Morgan fingerprint density at radius 1 is 1.08 bits per heavy atom. The van der Waals surface area contributed by atoms with Gasteiger partial charge in [0.05, 0.1) is 5.69 Å². The minimum atomic E-state index is 0.231. The highest BCUT2D eigenvalue weighted by molar-refractivity contribution is 5.60. The van der Waals surface area contributed by atoms with Crippen LogP contribution in [0.2, 0.25) is 0 Å². The molecule has 13 heavy (non-hydrogen) atoms. The van der Waals surface area contributed by atoms with Crippen LogP contribution in [0.15, 0.2) is 29.3 Å². The second-order valence-corrected chi connectivity index (χ2v) is 4.18. The molecule has 0 aliphatic carbocycles. The molecule has 0 aliphatic heterocycles. The number of nitrogens with zero attached hydrogens (tertiary/aromatic N) is 1. The molecule has 0 radical (unpaired) electrons. The van der Waals surface area contributed by atoms with E-state index in [1.807, 2.05) is 13.1 Å². The Labute approximate surface area is 80.5 Å². The maximum Gasteiger partial charge on any atom is 0.0625 e. The summed E-state index contributed by atoms with van der Waals surface area (Å²) < 4.78 is 0. The molecule has 70 valence electrons. The van der Waals surface area contributed by atoms with Crippen LogP contribution in [0.3, 0.4) is 0 Å². The summed E-state index contributed by atoms with van der Waals surface area (Å²) in [6.07, 6.45) is 1.81. The first-order valence-corrected chi connectivity index (χ1v) is 4.63. The summed E-state index contributed by atoms with van der Waals surface area (Å²) in [5.74, 6) is 0. The van der Waals surface area contributed by atoms with E-state index in [0.29, 0.717) is 0 Å². The summed E-state index contributed by atoms with van der Waals surface area (Å²) in [6.45, 7) is 8.57. The van der Waals surface area contributed by atoms with Gasteiger partial charge in [0, 0.05) is 6.21 Å². The summed E-state index contributed by atoms with van der Waals surface area (Å²) in [4.78, 5) is 4.20. The molecule has 0 N–H and O–H groups in total. The van der Waals surface area contributed by atoms with Gasteiger partial charge < -0.3 is 0 Å². The molecular weight excluding hydrogens is 158 g/mol. The Kier molecular flexibility index (Phi) is 2.86. The van der Waals surface area contributed by atoms with Crippen LogP contribution in [-0.4, -0.2) is 6.21 Å². The fourth-order valence-electron chi connectivity index (χ4n) is 1.20. The number of hydrogen-bond donors (Lipinski definition) is 0. The van der Waals surface area contributed by atoms with Crippen molar-refractivity contribution in [3.8, 4) is 0 Å². The summed E-state index contributed by atoms with van der Waals surface area (Å²) in [5.41, 5.74) is 2.60. The molecule has 0 bridgehead atoms. The molecule has 0 fully saturated rings. The van der Waals surface area contributed by atoms with Gasteiger partial charge in [0.2, 0.25) is 0 Å². The predicted molar refractivity (Wildman–Crippen MR) is 59.0 cm³/mol. The summed E-state index contributed by atoms with van der Waals surface area (Å²) >= 11 is 0. The zero-order valence-corrected chi connectivity index (χ0v) is 8.83. The van der Waals surface area contributed by atoms with Crippen molar-refractivity contribution < 1.29 is 0 Å². The first-order chi connectivity index (χ1) is 6.04. The maximum atomic E-state index is 4.20. The minimum Gasteiger partial charge on any atom is -0.262 e. The molecule has 1 rings (SSSR count). The Balaban J connectivity index is 2.94. The summed E-state index contributed by atoms with van der Waals surface area (Å²) in [7, 11) is 0. The molecule has 1 aromatic rings. The Morgan fingerprint density at radius 3 is 2.00 bits per heavy atom. The Hall–Kier alpha value is -1.11. The van der Waals surface area contributed by atoms with Gasteiger partial charge in [-0.05, 0) is 30.0 Å². The van der Waals surface area contributed by atoms with E-state index in [0.717, 1.165) is 5.69 Å². The number of rotatable bonds is 1. The van der Waals surface area contributed by atoms with Crippen LogP contribution in [0.5, 0.6) is 0 Å². The van der Waals surface area contributed by atoms with Crippen LogP contribution >= 0.6 is 0 Å². The second kappa shape index (κ2) is 3.73. The fourth-order valence-corrected chi connectivity index (χ4v) is 1.20. The smallest absolute Gasteiger partial charge is 0.0625 e. The zero-order chi connectivity index (χ0) is 9.90. The lowest BCUT2D eigenvalue weighted by atomic mass is 9.87. The zero-order valence-electron chi connectivity index (χ0n) is 8.83. The van der Waals surface area contributed by atoms with Crippen LogP contribution < -0.4 is 0 Å². The van der Waals surface area contributed by atoms with Crippen molar-refractivity contribution >= 4 is 11.9 Å². The predicted octanol–water partition coefficient (Wildman–Crippen LogP) is 3.71. The molecule has 0 heterocycles. The SMILES string of the molecule is CC=Nc1ccc(C(C)(C)C)cc1. The van der Waals surface area contributed by atoms with Crippen molar-refractivity contribution in [3.05, 3.63) is 29.8 Å². The lowest BCUT2D eigenvalue weighted by Crippen LogP contribution is -2.10. The third-order valence-corrected chi connectivity index (χ3v) is 2.01. The van der Waals surface area contributed by atoms with Gasteiger partial charge in [0.15, 0.2) is 0 Å². The highest BCUT2D eigenvalue weighted by atomic mass is 14.7. The average Bonchev–Trinajstić information content (AvgIpc) is 2.04. The van der Waals surface area contributed by atoms with E-state index in [1.165, 1.54) is 5.56 Å². The van der Waals surface area contributed by atoms with E-state index < -0.39 is 0 Å². The van der Waals surface area contributed by atoms with Crippen molar-refractivity contribution in [1.29, 1.82) is 0 Å². The Morgan fingerprint density at radius 2 is 1.62 bits per heavy atom. The van der Waals surface area contributed by atoms with Crippen LogP contribution in [0.25, 0.3) is 0 Å². The second-order valence-electron chi connectivity index (χ2n) is 4.18. The van der Waals surface area contributed by atoms with Gasteiger partial charge in [0.25, 0.3) is 0 Å². The number of benzene rings is 1. The van der Waals surface area contributed by atoms with Crippen LogP contribution in [-0.2, 0) is 5.41 Å². The van der Waals surface area contributed by atoms with E-state index in [1.54, 1.807) is 0 Å². The van der Waals surface area contributed by atoms with Crippen molar-refractivity contribution in [1.82, 2.24) is 0 Å². The first kappa shape index (κ1) is 9.97. The van der Waals surface area contributed by atoms with Crippen molar-refractivity contribution in [2.45, 2.75) is 33.1 Å². The maximum absolute atomic E-state index is 4.20. The third-order valence-electron chi connectivity index (χ3n) is 2.01. The molecule has 1 aromatic carbocycles. The minimum absolute atomic E-state index is 0.231. The normalized spacial score (nSPS) is 12.3. The van der Waals surface area contributed by atoms with E-state index in [4.69, 9.17) is 0 Å². The van der Waals surface area contributed by atoms with E-state index >= 15 is 0 Å². The monoisotopic (exact) mass is 175 g/mol. The van der Waals surface area contributed by atoms with Crippen molar-refractivity contribution in [3.63, 3.8) is 0 Å². The van der Waals surface area contributed by atoms with Crippen molar-refractivity contribution in [2.24, 2.45) is 4.99 Å². The quantitative estimate of drug-likeness (QED) is 0.577. The van der Waals surface area contributed by atoms with Gasteiger partial charge in [-0.25, -0.2) is 0 Å². The van der Waals surface area contributed by atoms with Gasteiger partial charge in [-0.1, -0.05) is 32.9 Å². The molecule has 0 amide bonds. The lowest BCUT2D eigenvalue weighted by Gasteiger charge is -2.18. The van der Waals surface area contributed by atoms with Gasteiger partial charge in [0.1, 0.15) is 0 Å². The molecule has 1 nitrogen and oxygen atoms in total. The lowest BCUT2D eigenvalue weighted by molar-refractivity contribution is 0.590.